The molecule has 0 radical (unpaired) electrons. The van der Waals surface area contributed by atoms with Crippen LogP contribution >= 0.6 is 11.6 Å². The van der Waals surface area contributed by atoms with E-state index in [1.54, 1.807) is 37.4 Å². The Hall–Kier alpha value is -3.14. The highest BCUT2D eigenvalue weighted by Crippen LogP contribution is 2.35. The summed E-state index contributed by atoms with van der Waals surface area (Å²) in [6.45, 7) is 2.74. The number of amides is 1. The molecule has 1 aliphatic heterocycles. The molecule has 8 nitrogen and oxygen atoms in total. The van der Waals surface area contributed by atoms with Crippen LogP contribution in [0.5, 0.6) is 5.75 Å². The van der Waals surface area contributed by atoms with Gasteiger partial charge in [0, 0.05) is 36.9 Å². The summed E-state index contributed by atoms with van der Waals surface area (Å²) in [7, 11) is 3.38. The van der Waals surface area contributed by atoms with Crippen molar-refractivity contribution in [3.8, 4) is 5.75 Å². The van der Waals surface area contributed by atoms with E-state index in [-0.39, 0.29) is 12.5 Å². The second-order valence-corrected chi connectivity index (χ2v) is 10.1. The number of rotatable bonds is 9. The van der Waals surface area contributed by atoms with Crippen LogP contribution in [0.3, 0.4) is 0 Å². The van der Waals surface area contributed by atoms with Crippen LogP contribution in [0.1, 0.15) is 40.1 Å². The van der Waals surface area contributed by atoms with Gasteiger partial charge in [0.15, 0.2) is 0 Å². The maximum Gasteiger partial charge on any atom is 0.251 e. The van der Waals surface area contributed by atoms with Crippen molar-refractivity contribution in [2.75, 3.05) is 32.1 Å². The van der Waals surface area contributed by atoms with Crippen LogP contribution in [0.15, 0.2) is 66.7 Å². The Balaban J connectivity index is 1.53. The topological polar surface area (TPSA) is 111 Å². The summed E-state index contributed by atoms with van der Waals surface area (Å²) in [5.74, 6) is 0.588. The molecular formula is C30H35ClN2O6. The Bertz CT molecular complexity index is 1270. The maximum absolute atomic E-state index is 12.0. The van der Waals surface area contributed by atoms with E-state index < -0.39 is 30.5 Å². The molecule has 4 N–H and O–H groups in total. The molecule has 5 unspecified atom stereocenters. The highest BCUT2D eigenvalue weighted by atomic mass is 35.5. The van der Waals surface area contributed by atoms with Crippen molar-refractivity contribution in [1.82, 2.24) is 5.32 Å². The Morgan fingerprint density at radius 2 is 1.77 bits per heavy atom. The van der Waals surface area contributed by atoms with Gasteiger partial charge in [-0.1, -0.05) is 41.9 Å². The zero-order chi connectivity index (χ0) is 28.1. The monoisotopic (exact) mass is 554 g/mol. The van der Waals surface area contributed by atoms with Gasteiger partial charge in [-0.25, -0.2) is 0 Å². The Morgan fingerprint density at radius 1 is 1.03 bits per heavy atom. The molecule has 1 aliphatic rings. The number of halogens is 1. The highest BCUT2D eigenvalue weighted by molar-refractivity contribution is 6.31. The molecule has 1 heterocycles. The summed E-state index contributed by atoms with van der Waals surface area (Å²) in [6, 6.07) is 20.2. The van der Waals surface area contributed by atoms with Crippen molar-refractivity contribution in [3.63, 3.8) is 0 Å². The molecule has 0 aromatic heterocycles. The number of aliphatic hydroxyl groups is 3. The lowest BCUT2D eigenvalue weighted by Gasteiger charge is -2.42. The van der Waals surface area contributed by atoms with Gasteiger partial charge in [-0.2, -0.15) is 0 Å². The van der Waals surface area contributed by atoms with Crippen LogP contribution < -0.4 is 15.0 Å². The lowest BCUT2D eigenvalue weighted by Crippen LogP contribution is -2.57. The van der Waals surface area contributed by atoms with Crippen LogP contribution in [0.25, 0.3) is 0 Å². The minimum atomic E-state index is -1.41. The van der Waals surface area contributed by atoms with Gasteiger partial charge in [-0.3, -0.25) is 4.79 Å². The fourth-order valence-corrected chi connectivity index (χ4v) is 4.96. The lowest BCUT2D eigenvalue weighted by molar-refractivity contribution is -0.221. The van der Waals surface area contributed by atoms with Crippen molar-refractivity contribution in [3.05, 3.63) is 94.0 Å². The molecular weight excluding hydrogens is 520 g/mol. The van der Waals surface area contributed by atoms with Crippen LogP contribution in [0.2, 0.25) is 5.02 Å². The quantitative estimate of drug-likeness (QED) is 0.321. The Kier molecular flexibility index (Phi) is 9.48. The number of benzene rings is 3. The van der Waals surface area contributed by atoms with Gasteiger partial charge < -0.3 is 35.0 Å². The third kappa shape index (κ3) is 6.72. The average Bonchev–Trinajstić information content (AvgIpc) is 2.95. The first-order chi connectivity index (χ1) is 18.7. The molecule has 1 saturated heterocycles. The number of hydrogen-bond acceptors (Lipinski definition) is 7. The molecule has 39 heavy (non-hydrogen) atoms. The first-order valence-electron chi connectivity index (χ1n) is 12.9. The predicted molar refractivity (Wildman–Crippen MR) is 151 cm³/mol. The third-order valence-corrected chi connectivity index (χ3v) is 7.34. The molecule has 4 rings (SSSR count). The summed E-state index contributed by atoms with van der Waals surface area (Å²) in [6.07, 6.45) is -5.19. The molecule has 208 valence electrons. The molecule has 5 atom stereocenters. The van der Waals surface area contributed by atoms with Crippen molar-refractivity contribution in [2.24, 2.45) is 0 Å². The Labute approximate surface area is 233 Å². The summed E-state index contributed by atoms with van der Waals surface area (Å²) in [5, 5.41) is 35.5. The van der Waals surface area contributed by atoms with E-state index in [1.807, 2.05) is 55.3 Å². The maximum atomic E-state index is 12.0. The zero-order valence-electron chi connectivity index (χ0n) is 22.3. The number of anilines is 1. The van der Waals surface area contributed by atoms with E-state index in [0.29, 0.717) is 29.2 Å². The lowest BCUT2D eigenvalue weighted by atomic mass is 9.89. The molecule has 0 aliphatic carbocycles. The number of hydrogen-bond donors (Lipinski definition) is 4. The standard InChI is InChI=1S/C30H35ClN2O6/c1-4-38-23-11-8-18(9-12-23)14-21-15-19(10-13-24(21)31)29-28(36)27(35)26(34)25(39-29)17-33(3)22-7-5-6-20(16-22)30(37)32-2/h5-13,15-16,25-29,34-36H,4,14,17H2,1-3H3,(H,32,37). The van der Waals surface area contributed by atoms with Crippen LogP contribution in [-0.4, -0.2) is 72.9 Å². The van der Waals surface area contributed by atoms with Gasteiger partial charge >= 0.3 is 0 Å². The van der Waals surface area contributed by atoms with Gasteiger partial charge in [0.1, 0.15) is 36.3 Å². The average molecular weight is 555 g/mol. The summed E-state index contributed by atoms with van der Waals surface area (Å²) in [5.41, 5.74) is 3.77. The molecule has 9 heteroatoms. The minimum Gasteiger partial charge on any atom is -0.494 e. The number of likely N-dealkylation sites (N-methyl/N-ethyl adjacent to an activating group) is 1. The number of carbonyl (C=O) groups is 1. The zero-order valence-corrected chi connectivity index (χ0v) is 23.0. The summed E-state index contributed by atoms with van der Waals surface area (Å²) in [4.78, 5) is 13.9. The molecule has 1 fully saturated rings. The number of aliphatic hydroxyl groups excluding tert-OH is 3. The normalized spacial score (nSPS) is 22.8. The summed E-state index contributed by atoms with van der Waals surface area (Å²) >= 11 is 6.51. The number of nitrogens with zero attached hydrogens (tertiary/aromatic N) is 1. The van der Waals surface area contributed by atoms with Crippen molar-refractivity contribution < 1.29 is 29.6 Å². The van der Waals surface area contributed by atoms with E-state index in [0.717, 1.165) is 22.6 Å². The second kappa shape index (κ2) is 12.8. The van der Waals surface area contributed by atoms with Gasteiger partial charge in [0.2, 0.25) is 0 Å². The molecule has 0 bridgehead atoms. The number of ether oxygens (including phenoxy) is 2. The van der Waals surface area contributed by atoms with Crippen LogP contribution in [-0.2, 0) is 11.2 Å². The highest BCUT2D eigenvalue weighted by Gasteiger charge is 2.44. The van der Waals surface area contributed by atoms with E-state index in [2.05, 4.69) is 5.32 Å². The third-order valence-electron chi connectivity index (χ3n) is 6.97. The second-order valence-electron chi connectivity index (χ2n) is 9.68. The Morgan fingerprint density at radius 3 is 2.46 bits per heavy atom. The fraction of sp³-hybridized carbons (Fsp3) is 0.367. The molecule has 0 saturated carbocycles. The number of nitrogens with one attached hydrogen (secondary N) is 1. The van der Waals surface area contributed by atoms with Crippen LogP contribution in [0.4, 0.5) is 5.69 Å². The fourth-order valence-electron chi connectivity index (χ4n) is 4.78. The number of carbonyl (C=O) groups excluding carboxylic acids is 1. The molecule has 1 amide bonds. The van der Waals surface area contributed by atoms with Crippen molar-refractivity contribution in [1.29, 1.82) is 0 Å². The molecule has 3 aromatic carbocycles. The van der Waals surface area contributed by atoms with Gasteiger partial charge in [0.05, 0.1) is 6.61 Å². The van der Waals surface area contributed by atoms with E-state index in [9.17, 15) is 20.1 Å². The van der Waals surface area contributed by atoms with Crippen molar-refractivity contribution in [2.45, 2.75) is 43.9 Å². The van der Waals surface area contributed by atoms with E-state index in [4.69, 9.17) is 21.1 Å². The smallest absolute Gasteiger partial charge is 0.251 e. The van der Waals surface area contributed by atoms with Gasteiger partial charge in [0.25, 0.3) is 5.91 Å². The van der Waals surface area contributed by atoms with Crippen molar-refractivity contribution >= 4 is 23.2 Å². The van der Waals surface area contributed by atoms with Crippen LogP contribution in [0, 0.1) is 0 Å². The first kappa shape index (κ1) is 28.9. The van der Waals surface area contributed by atoms with Gasteiger partial charge in [-0.15, -0.1) is 0 Å². The molecule has 3 aromatic rings. The SMILES string of the molecule is CCOc1ccc(Cc2cc(C3OC(CN(C)c4cccc(C(=O)NC)c4)C(O)C(O)C3O)ccc2Cl)cc1. The van der Waals surface area contributed by atoms with E-state index >= 15 is 0 Å². The first-order valence-corrected chi connectivity index (χ1v) is 13.3. The largest absolute Gasteiger partial charge is 0.494 e. The minimum absolute atomic E-state index is 0.207. The molecule has 0 spiro atoms. The summed E-state index contributed by atoms with van der Waals surface area (Å²) < 4.78 is 11.7. The predicted octanol–water partition coefficient (Wildman–Crippen LogP) is 3.35. The van der Waals surface area contributed by atoms with Gasteiger partial charge in [-0.05, 0) is 66.4 Å². The van der Waals surface area contributed by atoms with E-state index in [1.165, 1.54) is 0 Å².